The molecule has 8 heteroatoms. The van der Waals surface area contributed by atoms with E-state index in [-0.39, 0.29) is 17.7 Å². The molecule has 1 aromatic carbocycles. The standard InChI is InChI=1S/C16H16N4O4/c1-11-2-7-15(18-17-11)24-14-8-9-19(10-14)16(21)12-3-5-13(6-4-12)20(22)23/h2-7,14H,8-10H2,1H3. The van der Waals surface area contributed by atoms with Gasteiger partial charge in [0, 0.05) is 36.7 Å². The number of aryl methyl sites for hydroxylation is 1. The largest absolute Gasteiger partial charge is 0.471 e. The lowest BCUT2D eigenvalue weighted by molar-refractivity contribution is -0.384. The van der Waals surface area contributed by atoms with Gasteiger partial charge in [0.25, 0.3) is 11.6 Å². The van der Waals surface area contributed by atoms with E-state index in [4.69, 9.17) is 4.74 Å². The lowest BCUT2D eigenvalue weighted by Crippen LogP contribution is -2.31. The molecule has 3 rings (SSSR count). The monoisotopic (exact) mass is 328 g/mol. The molecule has 124 valence electrons. The minimum atomic E-state index is -0.489. The molecule has 1 fully saturated rings. The SMILES string of the molecule is Cc1ccc(OC2CCN(C(=O)c3ccc([N+](=O)[O-])cc3)C2)nn1. The van der Waals surface area contributed by atoms with Crippen molar-refractivity contribution in [1.82, 2.24) is 15.1 Å². The molecular weight excluding hydrogens is 312 g/mol. The summed E-state index contributed by atoms with van der Waals surface area (Å²) in [4.78, 5) is 24.3. The number of nitro groups is 1. The van der Waals surface area contributed by atoms with Gasteiger partial charge in [0.1, 0.15) is 6.10 Å². The van der Waals surface area contributed by atoms with E-state index in [0.29, 0.717) is 31.0 Å². The Hall–Kier alpha value is -3.03. The lowest BCUT2D eigenvalue weighted by atomic mass is 10.2. The molecule has 1 saturated heterocycles. The van der Waals surface area contributed by atoms with Crippen molar-refractivity contribution < 1.29 is 14.5 Å². The Morgan fingerprint density at radius 1 is 1.25 bits per heavy atom. The molecule has 1 aliphatic heterocycles. The summed E-state index contributed by atoms with van der Waals surface area (Å²) in [6.07, 6.45) is 0.567. The number of amides is 1. The molecule has 1 aliphatic rings. The van der Waals surface area contributed by atoms with Gasteiger partial charge in [-0.2, -0.15) is 5.10 Å². The highest BCUT2D eigenvalue weighted by atomic mass is 16.6. The molecule has 24 heavy (non-hydrogen) atoms. The van der Waals surface area contributed by atoms with E-state index in [1.54, 1.807) is 11.0 Å². The minimum absolute atomic E-state index is 0.0351. The average Bonchev–Trinajstić information content (AvgIpc) is 3.05. The fourth-order valence-corrected chi connectivity index (χ4v) is 2.54. The van der Waals surface area contributed by atoms with Crippen molar-refractivity contribution in [2.24, 2.45) is 0 Å². The van der Waals surface area contributed by atoms with Gasteiger partial charge in [0.05, 0.1) is 17.2 Å². The maximum absolute atomic E-state index is 12.4. The maximum Gasteiger partial charge on any atom is 0.269 e. The third-order valence-corrected chi connectivity index (χ3v) is 3.82. The summed E-state index contributed by atoms with van der Waals surface area (Å²) in [5.41, 5.74) is 1.20. The van der Waals surface area contributed by atoms with Crippen LogP contribution in [0.5, 0.6) is 5.88 Å². The van der Waals surface area contributed by atoms with Crippen LogP contribution in [-0.4, -0.2) is 45.1 Å². The van der Waals surface area contributed by atoms with Gasteiger partial charge in [-0.3, -0.25) is 14.9 Å². The summed E-state index contributed by atoms with van der Waals surface area (Å²) in [5.74, 6) is 0.279. The molecule has 1 amide bonds. The first-order valence-electron chi connectivity index (χ1n) is 7.53. The first-order chi connectivity index (χ1) is 11.5. The zero-order chi connectivity index (χ0) is 17.1. The van der Waals surface area contributed by atoms with E-state index in [9.17, 15) is 14.9 Å². The molecule has 0 bridgehead atoms. The van der Waals surface area contributed by atoms with Crippen molar-refractivity contribution in [3.05, 3.63) is 57.8 Å². The van der Waals surface area contributed by atoms with E-state index in [0.717, 1.165) is 5.69 Å². The van der Waals surface area contributed by atoms with Crippen molar-refractivity contribution in [3.63, 3.8) is 0 Å². The highest BCUT2D eigenvalue weighted by Crippen LogP contribution is 2.19. The van der Waals surface area contributed by atoms with Crippen molar-refractivity contribution in [2.45, 2.75) is 19.4 Å². The van der Waals surface area contributed by atoms with Crippen molar-refractivity contribution in [1.29, 1.82) is 0 Å². The van der Waals surface area contributed by atoms with E-state index in [1.165, 1.54) is 24.3 Å². The molecule has 0 N–H and O–H groups in total. The second kappa shape index (κ2) is 6.61. The Balaban J connectivity index is 1.61. The first kappa shape index (κ1) is 15.9. The Morgan fingerprint density at radius 3 is 2.62 bits per heavy atom. The average molecular weight is 328 g/mol. The number of ether oxygens (including phenoxy) is 1. The predicted molar refractivity (Wildman–Crippen MR) is 84.8 cm³/mol. The summed E-state index contributed by atoms with van der Waals surface area (Å²) in [5, 5.41) is 18.5. The molecular formula is C16H16N4O4. The maximum atomic E-state index is 12.4. The molecule has 0 radical (unpaired) electrons. The molecule has 8 nitrogen and oxygen atoms in total. The number of nitro benzene ring substituents is 1. The van der Waals surface area contributed by atoms with Gasteiger partial charge in [0.2, 0.25) is 5.88 Å². The third kappa shape index (κ3) is 3.48. The van der Waals surface area contributed by atoms with E-state index in [1.807, 2.05) is 13.0 Å². The highest BCUT2D eigenvalue weighted by Gasteiger charge is 2.28. The van der Waals surface area contributed by atoms with Crippen LogP contribution in [0.25, 0.3) is 0 Å². The Labute approximate surface area is 138 Å². The number of hydrogen-bond donors (Lipinski definition) is 0. The summed E-state index contributed by atoms with van der Waals surface area (Å²) in [7, 11) is 0. The quantitative estimate of drug-likeness (QED) is 0.629. The van der Waals surface area contributed by atoms with Crippen LogP contribution in [0.4, 0.5) is 5.69 Å². The van der Waals surface area contributed by atoms with Gasteiger partial charge < -0.3 is 9.64 Å². The third-order valence-electron chi connectivity index (χ3n) is 3.82. The van der Waals surface area contributed by atoms with Crippen LogP contribution in [0.2, 0.25) is 0 Å². The molecule has 2 aromatic rings. The Bertz CT molecular complexity index is 746. The van der Waals surface area contributed by atoms with Crippen molar-refractivity contribution in [3.8, 4) is 5.88 Å². The number of carbonyl (C=O) groups excluding carboxylic acids is 1. The van der Waals surface area contributed by atoms with Crippen molar-refractivity contribution in [2.75, 3.05) is 13.1 Å². The fourth-order valence-electron chi connectivity index (χ4n) is 2.54. The van der Waals surface area contributed by atoms with Crippen LogP contribution in [0.1, 0.15) is 22.5 Å². The smallest absolute Gasteiger partial charge is 0.269 e. The summed E-state index contributed by atoms with van der Waals surface area (Å²) < 4.78 is 5.74. The topological polar surface area (TPSA) is 98.5 Å². The van der Waals surface area contributed by atoms with Crippen LogP contribution in [0.15, 0.2) is 36.4 Å². The summed E-state index contributed by atoms with van der Waals surface area (Å²) in [6.45, 7) is 2.86. The van der Waals surface area contributed by atoms with Crippen LogP contribution < -0.4 is 4.74 Å². The number of benzene rings is 1. The zero-order valence-corrected chi connectivity index (χ0v) is 13.1. The second-order valence-electron chi connectivity index (χ2n) is 5.60. The number of likely N-dealkylation sites (tertiary alicyclic amines) is 1. The van der Waals surface area contributed by atoms with E-state index >= 15 is 0 Å². The molecule has 0 saturated carbocycles. The number of aromatic nitrogens is 2. The molecule has 1 aromatic heterocycles. The number of hydrogen-bond acceptors (Lipinski definition) is 6. The van der Waals surface area contributed by atoms with E-state index < -0.39 is 4.92 Å². The second-order valence-corrected chi connectivity index (χ2v) is 5.60. The van der Waals surface area contributed by atoms with E-state index in [2.05, 4.69) is 10.2 Å². The number of carbonyl (C=O) groups is 1. The molecule has 0 spiro atoms. The fraction of sp³-hybridized carbons (Fsp3) is 0.312. The minimum Gasteiger partial charge on any atom is -0.471 e. The molecule has 1 atom stereocenters. The lowest BCUT2D eigenvalue weighted by Gasteiger charge is -2.16. The van der Waals surface area contributed by atoms with Gasteiger partial charge in [-0.1, -0.05) is 0 Å². The number of non-ortho nitro benzene ring substituents is 1. The molecule has 0 aliphatic carbocycles. The molecule has 2 heterocycles. The van der Waals surface area contributed by atoms with Crippen LogP contribution in [-0.2, 0) is 0 Å². The van der Waals surface area contributed by atoms with Gasteiger partial charge in [0.15, 0.2) is 0 Å². The van der Waals surface area contributed by atoms with Gasteiger partial charge in [-0.25, -0.2) is 0 Å². The zero-order valence-electron chi connectivity index (χ0n) is 13.1. The summed E-state index contributed by atoms with van der Waals surface area (Å²) in [6, 6.07) is 9.18. The first-order valence-corrected chi connectivity index (χ1v) is 7.53. The van der Waals surface area contributed by atoms with Gasteiger partial charge in [-0.05, 0) is 25.1 Å². The Morgan fingerprint density at radius 2 is 2.00 bits per heavy atom. The predicted octanol–water partition coefficient (Wildman–Crippen LogP) is 1.99. The summed E-state index contributed by atoms with van der Waals surface area (Å²) >= 11 is 0. The Kier molecular flexibility index (Phi) is 4.37. The van der Waals surface area contributed by atoms with Crippen LogP contribution >= 0.6 is 0 Å². The normalized spacial score (nSPS) is 16.9. The van der Waals surface area contributed by atoms with Crippen LogP contribution in [0, 0.1) is 17.0 Å². The highest BCUT2D eigenvalue weighted by molar-refractivity contribution is 5.94. The number of nitrogens with zero attached hydrogens (tertiary/aromatic N) is 4. The van der Waals surface area contributed by atoms with Crippen LogP contribution in [0.3, 0.4) is 0 Å². The molecule has 1 unspecified atom stereocenters. The number of rotatable bonds is 4. The van der Waals surface area contributed by atoms with Crippen molar-refractivity contribution >= 4 is 11.6 Å². The van der Waals surface area contributed by atoms with Gasteiger partial charge in [-0.15, -0.1) is 5.10 Å². The van der Waals surface area contributed by atoms with Gasteiger partial charge >= 0.3 is 0 Å².